The highest BCUT2D eigenvalue weighted by Crippen LogP contribution is 2.16. The van der Waals surface area contributed by atoms with E-state index < -0.39 is 0 Å². The van der Waals surface area contributed by atoms with Gasteiger partial charge in [-0.05, 0) is 0 Å². The summed E-state index contributed by atoms with van der Waals surface area (Å²) in [4.78, 5) is 20.8. The molecule has 0 atom stereocenters. The summed E-state index contributed by atoms with van der Waals surface area (Å²) in [5.74, 6) is -0.102. The van der Waals surface area contributed by atoms with E-state index in [0.29, 0.717) is 11.0 Å². The molecular formula is C7H5N3O2. The molecule has 0 bridgehead atoms. The zero-order valence-electron chi connectivity index (χ0n) is 5.98. The molecule has 60 valence electrons. The van der Waals surface area contributed by atoms with Crippen LogP contribution >= 0.6 is 0 Å². The van der Waals surface area contributed by atoms with E-state index in [2.05, 4.69) is 15.0 Å². The van der Waals surface area contributed by atoms with Crippen LogP contribution in [0.5, 0.6) is 5.75 Å². The molecule has 2 aromatic heterocycles. The first kappa shape index (κ1) is 6.78. The first-order chi connectivity index (χ1) is 5.77. The van der Waals surface area contributed by atoms with Crippen LogP contribution in [-0.4, -0.2) is 20.1 Å². The number of fused-ring (bicyclic) bond motifs is 1. The zero-order chi connectivity index (χ0) is 8.55. The van der Waals surface area contributed by atoms with Gasteiger partial charge in [0.25, 0.3) is 5.56 Å². The molecule has 0 radical (unpaired) electrons. The SMILES string of the molecule is O=c1cc(O)c2cncnc2[nH]1. The standard InChI is InChI=1S/C7H5N3O2/c11-5-1-6(12)10-7-4(5)2-8-3-9-7/h1-3H,(H2,8,9,10,11,12). The molecule has 0 aliphatic heterocycles. The van der Waals surface area contributed by atoms with Gasteiger partial charge in [0, 0.05) is 12.3 Å². The number of nitrogens with one attached hydrogen (secondary N) is 1. The molecule has 5 heteroatoms. The summed E-state index contributed by atoms with van der Waals surface area (Å²) in [5.41, 5.74) is -0.0336. The number of hydrogen-bond acceptors (Lipinski definition) is 4. The van der Waals surface area contributed by atoms with Crippen molar-refractivity contribution in [2.45, 2.75) is 0 Å². The second-order valence-corrected chi connectivity index (χ2v) is 2.30. The molecular weight excluding hydrogens is 158 g/mol. The third-order valence-corrected chi connectivity index (χ3v) is 1.50. The Morgan fingerprint density at radius 3 is 3.17 bits per heavy atom. The highest BCUT2D eigenvalue weighted by Gasteiger charge is 2.00. The molecule has 0 fully saturated rings. The van der Waals surface area contributed by atoms with Crippen molar-refractivity contribution >= 4 is 11.0 Å². The molecule has 5 nitrogen and oxygen atoms in total. The van der Waals surface area contributed by atoms with Crippen LogP contribution in [0.15, 0.2) is 23.4 Å². The fourth-order valence-corrected chi connectivity index (χ4v) is 0.971. The Kier molecular flexibility index (Phi) is 1.30. The average Bonchev–Trinajstić information content (AvgIpc) is 2.04. The number of aromatic nitrogens is 3. The monoisotopic (exact) mass is 163 g/mol. The Morgan fingerprint density at radius 2 is 2.33 bits per heavy atom. The molecule has 2 N–H and O–H groups in total. The maximum Gasteiger partial charge on any atom is 0.253 e. The van der Waals surface area contributed by atoms with Crippen LogP contribution in [0, 0.1) is 0 Å². The third kappa shape index (κ3) is 0.914. The van der Waals surface area contributed by atoms with Crippen LogP contribution in [0.4, 0.5) is 0 Å². The Labute approximate surface area is 66.7 Å². The van der Waals surface area contributed by atoms with Gasteiger partial charge in [-0.3, -0.25) is 4.79 Å². The van der Waals surface area contributed by atoms with Crippen molar-refractivity contribution in [3.05, 3.63) is 28.9 Å². The molecule has 0 aliphatic carbocycles. The first-order valence-corrected chi connectivity index (χ1v) is 3.29. The van der Waals surface area contributed by atoms with Gasteiger partial charge in [-0.15, -0.1) is 0 Å². The number of nitrogens with zero attached hydrogens (tertiary/aromatic N) is 2. The van der Waals surface area contributed by atoms with Crippen molar-refractivity contribution in [3.63, 3.8) is 0 Å². The van der Waals surface area contributed by atoms with Gasteiger partial charge < -0.3 is 10.1 Å². The molecule has 0 amide bonds. The Hall–Kier alpha value is -1.91. The number of hydrogen-bond donors (Lipinski definition) is 2. The Bertz CT molecular complexity index is 477. The molecule has 0 saturated carbocycles. The normalized spacial score (nSPS) is 10.3. The van der Waals surface area contributed by atoms with Gasteiger partial charge >= 0.3 is 0 Å². The van der Waals surface area contributed by atoms with E-state index in [4.69, 9.17) is 0 Å². The average molecular weight is 163 g/mol. The summed E-state index contributed by atoms with van der Waals surface area (Å²) in [6.45, 7) is 0. The summed E-state index contributed by atoms with van der Waals surface area (Å²) >= 11 is 0. The minimum atomic E-state index is -0.376. The molecule has 0 saturated heterocycles. The van der Waals surface area contributed by atoms with E-state index in [-0.39, 0.29) is 11.3 Å². The molecule has 12 heavy (non-hydrogen) atoms. The van der Waals surface area contributed by atoms with Gasteiger partial charge in [-0.1, -0.05) is 0 Å². The number of H-pyrrole nitrogens is 1. The van der Waals surface area contributed by atoms with Crippen LogP contribution < -0.4 is 5.56 Å². The highest BCUT2D eigenvalue weighted by molar-refractivity contribution is 5.79. The van der Waals surface area contributed by atoms with Crippen molar-refractivity contribution in [1.82, 2.24) is 15.0 Å². The van der Waals surface area contributed by atoms with Crippen molar-refractivity contribution in [2.24, 2.45) is 0 Å². The van der Waals surface area contributed by atoms with E-state index in [1.807, 2.05) is 0 Å². The van der Waals surface area contributed by atoms with Gasteiger partial charge in [0.05, 0.1) is 5.39 Å². The van der Waals surface area contributed by atoms with Gasteiger partial charge in [-0.2, -0.15) is 0 Å². The first-order valence-electron chi connectivity index (χ1n) is 3.29. The quantitative estimate of drug-likeness (QED) is 0.574. The van der Waals surface area contributed by atoms with Gasteiger partial charge in [-0.25, -0.2) is 9.97 Å². The second-order valence-electron chi connectivity index (χ2n) is 2.30. The van der Waals surface area contributed by atoms with Crippen LogP contribution in [-0.2, 0) is 0 Å². The Balaban J connectivity index is 2.99. The summed E-state index contributed by atoms with van der Waals surface area (Å²) in [5, 5.41) is 9.69. The van der Waals surface area contributed by atoms with Gasteiger partial charge in [0.15, 0.2) is 0 Å². The maximum absolute atomic E-state index is 10.8. The van der Waals surface area contributed by atoms with E-state index in [1.165, 1.54) is 12.5 Å². The van der Waals surface area contributed by atoms with E-state index in [0.717, 1.165) is 6.07 Å². The van der Waals surface area contributed by atoms with Gasteiger partial charge in [0.1, 0.15) is 17.7 Å². The topological polar surface area (TPSA) is 78.9 Å². The number of rotatable bonds is 0. The van der Waals surface area contributed by atoms with Crippen molar-refractivity contribution in [1.29, 1.82) is 0 Å². The van der Waals surface area contributed by atoms with Crippen LogP contribution in [0.25, 0.3) is 11.0 Å². The highest BCUT2D eigenvalue weighted by atomic mass is 16.3. The van der Waals surface area contributed by atoms with Crippen molar-refractivity contribution in [2.75, 3.05) is 0 Å². The summed E-state index contributed by atoms with van der Waals surface area (Å²) < 4.78 is 0. The minimum absolute atomic E-state index is 0.102. The van der Waals surface area contributed by atoms with Crippen LogP contribution in [0.2, 0.25) is 0 Å². The molecule has 2 aromatic rings. The van der Waals surface area contributed by atoms with Crippen molar-refractivity contribution < 1.29 is 5.11 Å². The molecule has 2 heterocycles. The molecule has 0 spiro atoms. The second kappa shape index (κ2) is 2.30. The predicted molar refractivity (Wildman–Crippen MR) is 41.8 cm³/mol. The maximum atomic E-state index is 10.8. The number of aromatic hydroxyl groups is 1. The minimum Gasteiger partial charge on any atom is -0.507 e. The third-order valence-electron chi connectivity index (χ3n) is 1.50. The van der Waals surface area contributed by atoms with Crippen LogP contribution in [0.3, 0.4) is 0 Å². The predicted octanol–water partition coefficient (Wildman–Crippen LogP) is 0.0237. The van der Waals surface area contributed by atoms with Crippen LogP contribution in [0.1, 0.15) is 0 Å². The Morgan fingerprint density at radius 1 is 1.50 bits per heavy atom. The summed E-state index contributed by atoms with van der Waals surface area (Å²) in [6, 6.07) is 1.09. The fraction of sp³-hybridized carbons (Fsp3) is 0. The lowest BCUT2D eigenvalue weighted by atomic mass is 10.3. The number of pyridine rings is 1. The van der Waals surface area contributed by atoms with E-state index in [1.54, 1.807) is 0 Å². The lowest BCUT2D eigenvalue weighted by Crippen LogP contribution is -2.04. The summed E-state index contributed by atoms with van der Waals surface area (Å²) in [6.07, 6.45) is 2.74. The lowest BCUT2D eigenvalue weighted by Gasteiger charge is -1.96. The van der Waals surface area contributed by atoms with E-state index in [9.17, 15) is 9.90 Å². The lowest BCUT2D eigenvalue weighted by molar-refractivity contribution is 0.480. The summed E-state index contributed by atoms with van der Waals surface area (Å²) in [7, 11) is 0. The zero-order valence-corrected chi connectivity index (χ0v) is 5.98. The van der Waals surface area contributed by atoms with Gasteiger partial charge in [0.2, 0.25) is 0 Å². The fourth-order valence-electron chi connectivity index (χ4n) is 0.971. The number of aromatic amines is 1. The molecule has 0 unspecified atom stereocenters. The van der Waals surface area contributed by atoms with Crippen molar-refractivity contribution in [3.8, 4) is 5.75 Å². The molecule has 2 rings (SSSR count). The molecule has 0 aromatic carbocycles. The van der Waals surface area contributed by atoms with E-state index >= 15 is 0 Å². The molecule has 0 aliphatic rings. The largest absolute Gasteiger partial charge is 0.507 e. The smallest absolute Gasteiger partial charge is 0.253 e.